The standard InChI is InChI=1S/C18H19NO2/c1-14(18(20)21)13-15(2)19(16-9-5-3-6-10-16)17-11-7-4-8-12-17/h3-13,15H,1-2H3,(H,20,21). The van der Waals surface area contributed by atoms with Crippen LogP contribution in [0.5, 0.6) is 0 Å². The fourth-order valence-corrected chi connectivity index (χ4v) is 2.30. The summed E-state index contributed by atoms with van der Waals surface area (Å²) in [5, 5.41) is 9.07. The first-order valence-corrected chi connectivity index (χ1v) is 6.90. The molecule has 1 unspecified atom stereocenters. The zero-order chi connectivity index (χ0) is 15.2. The predicted octanol–water partition coefficient (Wildman–Crippen LogP) is 4.24. The van der Waals surface area contributed by atoms with Gasteiger partial charge in [0, 0.05) is 16.9 Å². The lowest BCUT2D eigenvalue weighted by molar-refractivity contribution is -0.132. The quantitative estimate of drug-likeness (QED) is 0.833. The highest BCUT2D eigenvalue weighted by Gasteiger charge is 2.15. The molecule has 0 aliphatic carbocycles. The Labute approximate surface area is 125 Å². The van der Waals surface area contributed by atoms with Crippen molar-refractivity contribution in [2.75, 3.05) is 4.90 Å². The molecule has 0 aliphatic rings. The number of nitrogens with zero attached hydrogens (tertiary/aromatic N) is 1. The molecule has 0 spiro atoms. The number of carbonyl (C=O) groups is 1. The molecule has 0 bridgehead atoms. The number of rotatable bonds is 5. The lowest BCUT2D eigenvalue weighted by Gasteiger charge is -2.30. The van der Waals surface area contributed by atoms with Crippen molar-refractivity contribution in [3.63, 3.8) is 0 Å². The molecule has 0 saturated heterocycles. The zero-order valence-electron chi connectivity index (χ0n) is 12.2. The summed E-state index contributed by atoms with van der Waals surface area (Å²) in [6.07, 6.45) is 1.77. The van der Waals surface area contributed by atoms with Crippen LogP contribution in [0, 0.1) is 0 Å². The molecule has 3 heteroatoms. The number of hydrogen-bond acceptors (Lipinski definition) is 2. The number of carboxylic acid groups (broad SMARTS) is 1. The topological polar surface area (TPSA) is 40.5 Å². The number of anilines is 2. The maximum Gasteiger partial charge on any atom is 0.331 e. The van der Waals surface area contributed by atoms with Crippen molar-refractivity contribution in [3.8, 4) is 0 Å². The van der Waals surface area contributed by atoms with Gasteiger partial charge in [-0.1, -0.05) is 42.5 Å². The molecule has 0 fully saturated rings. The van der Waals surface area contributed by atoms with Gasteiger partial charge in [-0.15, -0.1) is 0 Å². The summed E-state index contributed by atoms with van der Waals surface area (Å²) in [5.41, 5.74) is 2.41. The van der Waals surface area contributed by atoms with Crippen LogP contribution in [0.4, 0.5) is 11.4 Å². The third kappa shape index (κ3) is 3.72. The van der Waals surface area contributed by atoms with Gasteiger partial charge < -0.3 is 10.0 Å². The summed E-state index contributed by atoms with van der Waals surface area (Å²) in [6.45, 7) is 3.61. The largest absolute Gasteiger partial charge is 0.478 e. The smallest absolute Gasteiger partial charge is 0.331 e. The molecule has 21 heavy (non-hydrogen) atoms. The maximum atomic E-state index is 11.0. The average Bonchev–Trinajstić information content (AvgIpc) is 2.49. The van der Waals surface area contributed by atoms with Gasteiger partial charge in [0.2, 0.25) is 0 Å². The minimum atomic E-state index is -0.886. The van der Waals surface area contributed by atoms with Gasteiger partial charge in [-0.25, -0.2) is 4.79 Å². The maximum absolute atomic E-state index is 11.0. The Morgan fingerprint density at radius 3 is 1.81 bits per heavy atom. The molecule has 0 aromatic heterocycles. The van der Waals surface area contributed by atoms with Crippen molar-refractivity contribution in [1.29, 1.82) is 0 Å². The van der Waals surface area contributed by atoms with E-state index < -0.39 is 5.97 Å². The first-order valence-electron chi connectivity index (χ1n) is 6.90. The number of para-hydroxylation sites is 2. The minimum absolute atomic E-state index is 0.0640. The molecular formula is C18H19NO2. The molecule has 0 amide bonds. The van der Waals surface area contributed by atoms with Gasteiger partial charge in [0.05, 0.1) is 6.04 Å². The lowest BCUT2D eigenvalue weighted by Crippen LogP contribution is -2.27. The van der Waals surface area contributed by atoms with Gasteiger partial charge in [-0.3, -0.25) is 0 Å². The van der Waals surface area contributed by atoms with E-state index in [0.29, 0.717) is 5.57 Å². The van der Waals surface area contributed by atoms with E-state index in [0.717, 1.165) is 11.4 Å². The van der Waals surface area contributed by atoms with Crippen molar-refractivity contribution in [2.45, 2.75) is 19.9 Å². The van der Waals surface area contributed by atoms with E-state index in [4.69, 9.17) is 5.11 Å². The number of carboxylic acids is 1. The van der Waals surface area contributed by atoms with E-state index >= 15 is 0 Å². The fraction of sp³-hybridized carbons (Fsp3) is 0.167. The fourth-order valence-electron chi connectivity index (χ4n) is 2.30. The van der Waals surface area contributed by atoms with Crippen LogP contribution in [0.15, 0.2) is 72.3 Å². The first kappa shape index (κ1) is 14.9. The zero-order valence-corrected chi connectivity index (χ0v) is 12.2. The summed E-state index contributed by atoms with van der Waals surface area (Å²) >= 11 is 0. The number of hydrogen-bond donors (Lipinski definition) is 1. The summed E-state index contributed by atoms with van der Waals surface area (Å²) < 4.78 is 0. The highest BCUT2D eigenvalue weighted by molar-refractivity contribution is 5.86. The van der Waals surface area contributed by atoms with Crippen LogP contribution in [0.2, 0.25) is 0 Å². The highest BCUT2D eigenvalue weighted by atomic mass is 16.4. The monoisotopic (exact) mass is 281 g/mol. The summed E-state index contributed by atoms with van der Waals surface area (Å²) in [4.78, 5) is 13.2. The second-order valence-electron chi connectivity index (χ2n) is 4.94. The van der Waals surface area contributed by atoms with Crippen LogP contribution in [0.1, 0.15) is 13.8 Å². The molecule has 0 heterocycles. The van der Waals surface area contributed by atoms with Crippen LogP contribution in [-0.2, 0) is 4.79 Å². The summed E-state index contributed by atoms with van der Waals surface area (Å²) in [6, 6.07) is 19.9. The van der Waals surface area contributed by atoms with E-state index in [2.05, 4.69) is 4.90 Å². The van der Waals surface area contributed by atoms with Gasteiger partial charge in [0.25, 0.3) is 0 Å². The molecule has 1 atom stereocenters. The highest BCUT2D eigenvalue weighted by Crippen LogP contribution is 2.28. The molecule has 1 N–H and O–H groups in total. The van der Waals surface area contributed by atoms with E-state index in [1.54, 1.807) is 13.0 Å². The van der Waals surface area contributed by atoms with Crippen LogP contribution in [0.3, 0.4) is 0 Å². The van der Waals surface area contributed by atoms with E-state index in [9.17, 15) is 4.79 Å². The van der Waals surface area contributed by atoms with Gasteiger partial charge in [0.15, 0.2) is 0 Å². The van der Waals surface area contributed by atoms with Crippen LogP contribution < -0.4 is 4.90 Å². The molecule has 0 saturated carbocycles. The second-order valence-corrected chi connectivity index (χ2v) is 4.94. The predicted molar refractivity (Wildman–Crippen MR) is 85.9 cm³/mol. The van der Waals surface area contributed by atoms with Gasteiger partial charge in [-0.05, 0) is 38.1 Å². The molecule has 2 aromatic rings. The van der Waals surface area contributed by atoms with Gasteiger partial charge in [0.1, 0.15) is 0 Å². The Kier molecular flexibility index (Phi) is 4.77. The van der Waals surface area contributed by atoms with Gasteiger partial charge in [-0.2, -0.15) is 0 Å². The molecule has 2 aromatic carbocycles. The van der Waals surface area contributed by atoms with Crippen molar-refractivity contribution >= 4 is 17.3 Å². The van der Waals surface area contributed by atoms with Crippen LogP contribution in [-0.4, -0.2) is 17.1 Å². The normalized spacial score (nSPS) is 12.8. The molecule has 0 aliphatic heterocycles. The van der Waals surface area contributed by atoms with Crippen molar-refractivity contribution in [1.82, 2.24) is 0 Å². The SMILES string of the molecule is CC(=CC(C)N(c1ccccc1)c1ccccc1)C(=O)O. The Hall–Kier alpha value is -2.55. The average molecular weight is 281 g/mol. The molecule has 3 nitrogen and oxygen atoms in total. The Balaban J connectivity index is 2.42. The molecule has 108 valence electrons. The van der Waals surface area contributed by atoms with Crippen LogP contribution in [0.25, 0.3) is 0 Å². The number of benzene rings is 2. The van der Waals surface area contributed by atoms with Gasteiger partial charge >= 0.3 is 5.97 Å². The van der Waals surface area contributed by atoms with Crippen molar-refractivity contribution < 1.29 is 9.90 Å². The molecule has 2 rings (SSSR count). The summed E-state index contributed by atoms with van der Waals surface area (Å²) in [7, 11) is 0. The lowest BCUT2D eigenvalue weighted by atomic mass is 10.1. The minimum Gasteiger partial charge on any atom is -0.478 e. The number of aliphatic carboxylic acids is 1. The Morgan fingerprint density at radius 1 is 1.00 bits per heavy atom. The van der Waals surface area contributed by atoms with E-state index in [1.165, 1.54) is 0 Å². The Morgan fingerprint density at radius 2 is 1.43 bits per heavy atom. The molecule has 0 radical (unpaired) electrons. The van der Waals surface area contributed by atoms with Crippen molar-refractivity contribution in [3.05, 3.63) is 72.3 Å². The van der Waals surface area contributed by atoms with Crippen molar-refractivity contribution in [2.24, 2.45) is 0 Å². The van der Waals surface area contributed by atoms with Crippen LogP contribution >= 0.6 is 0 Å². The Bertz CT molecular complexity index is 581. The van der Waals surface area contributed by atoms with E-state index in [1.807, 2.05) is 67.6 Å². The third-order valence-electron chi connectivity index (χ3n) is 3.30. The first-order chi connectivity index (χ1) is 10.1. The molecular weight excluding hydrogens is 262 g/mol. The summed E-state index contributed by atoms with van der Waals surface area (Å²) in [5.74, 6) is -0.886. The third-order valence-corrected chi connectivity index (χ3v) is 3.30. The second kappa shape index (κ2) is 6.75. The van der Waals surface area contributed by atoms with E-state index in [-0.39, 0.29) is 6.04 Å².